The number of hydrogen-bond donors (Lipinski definition) is 0. The summed E-state index contributed by atoms with van der Waals surface area (Å²) < 4.78 is 0.942. The average Bonchev–Trinajstić information content (AvgIpc) is 2.29. The zero-order valence-electron chi connectivity index (χ0n) is 11.1. The third kappa shape index (κ3) is 3.44. The van der Waals surface area contributed by atoms with Gasteiger partial charge in [0, 0.05) is 5.56 Å². The maximum absolute atomic E-state index is 3.83. The molecular formula is C16H20BrN. The molecule has 2 aromatic rings. The highest BCUT2D eigenvalue weighted by Gasteiger charge is 2.15. The van der Waals surface area contributed by atoms with Crippen LogP contribution in [0.4, 0.5) is 0 Å². The predicted octanol–water partition coefficient (Wildman–Crippen LogP) is 0.606. The number of halogens is 1. The Hall–Kier alpha value is -1.12. The lowest BCUT2D eigenvalue weighted by molar-refractivity contribution is -0.897. The van der Waals surface area contributed by atoms with Gasteiger partial charge in [-0.1, -0.05) is 49.0 Å². The molecule has 0 saturated carbocycles. The maximum Gasteiger partial charge on any atom is 0.105 e. The molecular weight excluding hydrogens is 286 g/mol. The second-order valence-corrected chi connectivity index (χ2v) is 5.20. The number of quaternary nitrogens is 1. The van der Waals surface area contributed by atoms with Crippen molar-refractivity contribution in [1.29, 1.82) is 0 Å². The minimum absolute atomic E-state index is 0. The lowest BCUT2D eigenvalue weighted by atomic mass is 10.0. The first kappa shape index (κ1) is 14.9. The summed E-state index contributed by atoms with van der Waals surface area (Å²) in [4.78, 5) is 0. The van der Waals surface area contributed by atoms with E-state index in [1.54, 1.807) is 0 Å². The van der Waals surface area contributed by atoms with Gasteiger partial charge in [-0.05, 0) is 16.8 Å². The van der Waals surface area contributed by atoms with Gasteiger partial charge in [0.05, 0.1) is 20.6 Å². The van der Waals surface area contributed by atoms with Crippen LogP contribution in [0.25, 0.3) is 10.8 Å². The van der Waals surface area contributed by atoms with Crippen LogP contribution in [0.3, 0.4) is 0 Å². The topological polar surface area (TPSA) is 0 Å². The Balaban J connectivity index is 0.00000162. The Morgan fingerprint density at radius 3 is 2.44 bits per heavy atom. The lowest BCUT2D eigenvalue weighted by Gasteiger charge is -2.29. The van der Waals surface area contributed by atoms with Crippen molar-refractivity contribution < 1.29 is 21.5 Å². The van der Waals surface area contributed by atoms with Gasteiger partial charge in [-0.3, -0.25) is 0 Å². The molecule has 0 aliphatic heterocycles. The van der Waals surface area contributed by atoms with Gasteiger partial charge in [0.15, 0.2) is 0 Å². The molecule has 96 valence electrons. The number of rotatable bonds is 4. The zero-order chi connectivity index (χ0) is 12.3. The molecule has 0 atom stereocenters. The molecule has 0 N–H and O–H groups in total. The van der Waals surface area contributed by atoms with E-state index >= 15 is 0 Å². The molecule has 0 unspecified atom stereocenters. The SMILES string of the molecule is C=CC[N+](C)(C)Cc1cccc2ccccc12.[Br-]. The Morgan fingerprint density at radius 1 is 1.06 bits per heavy atom. The highest BCUT2D eigenvalue weighted by atomic mass is 79.9. The summed E-state index contributed by atoms with van der Waals surface area (Å²) in [7, 11) is 4.48. The molecule has 2 aromatic carbocycles. The van der Waals surface area contributed by atoms with E-state index in [1.807, 2.05) is 6.08 Å². The van der Waals surface area contributed by atoms with E-state index in [4.69, 9.17) is 0 Å². The van der Waals surface area contributed by atoms with Crippen LogP contribution in [0.2, 0.25) is 0 Å². The van der Waals surface area contributed by atoms with Crippen LogP contribution in [0, 0.1) is 0 Å². The highest BCUT2D eigenvalue weighted by Crippen LogP contribution is 2.21. The van der Waals surface area contributed by atoms with Crippen LogP contribution in [0.15, 0.2) is 55.1 Å². The van der Waals surface area contributed by atoms with Crippen molar-refractivity contribution >= 4 is 10.8 Å². The molecule has 0 amide bonds. The largest absolute Gasteiger partial charge is 1.00 e. The summed E-state index contributed by atoms with van der Waals surface area (Å²) in [5.41, 5.74) is 1.41. The predicted molar refractivity (Wildman–Crippen MR) is 74.8 cm³/mol. The van der Waals surface area contributed by atoms with Crippen molar-refractivity contribution in [3.8, 4) is 0 Å². The third-order valence-corrected chi connectivity index (χ3v) is 3.10. The fourth-order valence-corrected chi connectivity index (χ4v) is 2.31. The van der Waals surface area contributed by atoms with Gasteiger partial charge >= 0.3 is 0 Å². The van der Waals surface area contributed by atoms with E-state index in [1.165, 1.54) is 16.3 Å². The summed E-state index contributed by atoms with van der Waals surface area (Å²) in [6.45, 7) is 5.86. The summed E-state index contributed by atoms with van der Waals surface area (Å²) in [6.07, 6.45) is 1.99. The van der Waals surface area contributed by atoms with Crippen molar-refractivity contribution in [3.63, 3.8) is 0 Å². The van der Waals surface area contributed by atoms with E-state index in [9.17, 15) is 0 Å². The summed E-state index contributed by atoms with van der Waals surface area (Å²) in [6, 6.07) is 15.1. The van der Waals surface area contributed by atoms with Gasteiger partial charge in [-0.2, -0.15) is 0 Å². The minimum Gasteiger partial charge on any atom is -1.00 e. The van der Waals surface area contributed by atoms with Crippen molar-refractivity contribution in [2.75, 3.05) is 20.6 Å². The average molecular weight is 306 g/mol. The second-order valence-electron chi connectivity index (χ2n) is 5.20. The number of fused-ring (bicyclic) bond motifs is 1. The molecule has 2 heteroatoms. The smallest absolute Gasteiger partial charge is 0.105 e. The first-order chi connectivity index (χ1) is 8.12. The number of hydrogen-bond acceptors (Lipinski definition) is 0. The Morgan fingerprint density at radius 2 is 1.72 bits per heavy atom. The van der Waals surface area contributed by atoms with Crippen molar-refractivity contribution in [3.05, 3.63) is 60.7 Å². The third-order valence-electron chi connectivity index (χ3n) is 3.10. The van der Waals surface area contributed by atoms with Gasteiger partial charge < -0.3 is 21.5 Å². The van der Waals surface area contributed by atoms with E-state index in [0.717, 1.165) is 17.6 Å². The Kier molecular flexibility index (Phi) is 5.12. The summed E-state index contributed by atoms with van der Waals surface area (Å²) >= 11 is 0. The van der Waals surface area contributed by atoms with Gasteiger partial charge in [0.2, 0.25) is 0 Å². The maximum atomic E-state index is 3.83. The van der Waals surface area contributed by atoms with Crippen molar-refractivity contribution in [2.24, 2.45) is 0 Å². The first-order valence-electron chi connectivity index (χ1n) is 6.02. The highest BCUT2D eigenvalue weighted by molar-refractivity contribution is 5.85. The molecule has 0 fully saturated rings. The quantitative estimate of drug-likeness (QED) is 0.573. The zero-order valence-corrected chi connectivity index (χ0v) is 12.7. The summed E-state index contributed by atoms with van der Waals surface area (Å²) in [5, 5.41) is 2.69. The van der Waals surface area contributed by atoms with E-state index in [2.05, 4.69) is 63.1 Å². The van der Waals surface area contributed by atoms with Crippen LogP contribution in [0.1, 0.15) is 5.56 Å². The van der Waals surface area contributed by atoms with Crippen LogP contribution in [0.5, 0.6) is 0 Å². The summed E-state index contributed by atoms with van der Waals surface area (Å²) in [5.74, 6) is 0. The molecule has 1 nitrogen and oxygen atoms in total. The molecule has 2 rings (SSSR count). The molecule has 0 bridgehead atoms. The molecule has 0 radical (unpaired) electrons. The fraction of sp³-hybridized carbons (Fsp3) is 0.250. The van der Waals surface area contributed by atoms with E-state index in [0.29, 0.717) is 0 Å². The standard InChI is InChI=1S/C16H20N.BrH/c1-4-12-17(2,3)13-15-10-7-9-14-8-5-6-11-16(14)15;/h4-11H,1,12-13H2,2-3H3;1H/q+1;/p-1. The Bertz CT molecular complexity index is 526. The van der Waals surface area contributed by atoms with Crippen LogP contribution in [-0.2, 0) is 6.54 Å². The van der Waals surface area contributed by atoms with Crippen LogP contribution in [-0.4, -0.2) is 25.1 Å². The minimum atomic E-state index is 0. The van der Waals surface area contributed by atoms with Gasteiger partial charge in [-0.15, -0.1) is 0 Å². The molecule has 0 aromatic heterocycles. The van der Waals surface area contributed by atoms with E-state index < -0.39 is 0 Å². The van der Waals surface area contributed by atoms with Gasteiger partial charge in [0.1, 0.15) is 6.54 Å². The molecule has 0 aliphatic rings. The van der Waals surface area contributed by atoms with Crippen LogP contribution >= 0.6 is 0 Å². The van der Waals surface area contributed by atoms with E-state index in [-0.39, 0.29) is 17.0 Å². The molecule has 0 heterocycles. The molecule has 18 heavy (non-hydrogen) atoms. The first-order valence-corrected chi connectivity index (χ1v) is 6.02. The molecule has 0 saturated heterocycles. The molecule has 0 aliphatic carbocycles. The van der Waals surface area contributed by atoms with Crippen molar-refractivity contribution in [2.45, 2.75) is 6.54 Å². The molecule has 0 spiro atoms. The normalized spacial score (nSPS) is 11.0. The fourth-order valence-electron chi connectivity index (χ4n) is 2.31. The van der Waals surface area contributed by atoms with Gasteiger partial charge in [-0.25, -0.2) is 0 Å². The second kappa shape index (κ2) is 6.17. The monoisotopic (exact) mass is 305 g/mol. The lowest BCUT2D eigenvalue weighted by Crippen LogP contribution is -3.00. The van der Waals surface area contributed by atoms with Crippen LogP contribution < -0.4 is 17.0 Å². The number of benzene rings is 2. The van der Waals surface area contributed by atoms with Gasteiger partial charge in [0.25, 0.3) is 0 Å². The number of likely N-dealkylation sites (N-methyl/N-ethyl adjacent to an activating group) is 1. The Labute approximate surface area is 120 Å². The number of nitrogens with zero attached hydrogens (tertiary/aromatic N) is 1. The van der Waals surface area contributed by atoms with Crippen molar-refractivity contribution in [1.82, 2.24) is 0 Å².